The van der Waals surface area contributed by atoms with Gasteiger partial charge in [0.05, 0.1) is 24.4 Å². The Balaban J connectivity index is 2.73. The summed E-state index contributed by atoms with van der Waals surface area (Å²) in [6, 6.07) is 6.08. The molecule has 0 aliphatic rings. The molecule has 0 spiro atoms. The van der Waals surface area contributed by atoms with Gasteiger partial charge in [-0.3, -0.25) is 0 Å². The van der Waals surface area contributed by atoms with Gasteiger partial charge in [-0.15, -0.1) is 0 Å². The number of aliphatic hydroxyl groups excluding tert-OH is 2. The highest BCUT2D eigenvalue weighted by Gasteiger charge is 2.18. The fraction of sp³-hybridized carbons (Fsp3) is 0.462. The molecule has 0 bridgehead atoms. The van der Waals surface area contributed by atoms with E-state index in [9.17, 15) is 9.90 Å². The predicted octanol–water partition coefficient (Wildman–Crippen LogP) is 1.20. The van der Waals surface area contributed by atoms with Crippen molar-refractivity contribution in [2.24, 2.45) is 0 Å². The molecule has 1 aromatic carbocycles. The summed E-state index contributed by atoms with van der Waals surface area (Å²) in [6.45, 7) is 3.38. The molecule has 0 aliphatic heterocycles. The first kappa shape index (κ1) is 14.6. The highest BCUT2D eigenvalue weighted by Crippen LogP contribution is 2.20. The van der Waals surface area contributed by atoms with Crippen molar-refractivity contribution in [3.8, 4) is 0 Å². The van der Waals surface area contributed by atoms with E-state index in [0.717, 1.165) is 0 Å². The third kappa shape index (κ3) is 4.10. The number of ether oxygens (including phenoxy) is 1. The van der Waals surface area contributed by atoms with Crippen LogP contribution in [0.5, 0.6) is 0 Å². The predicted molar refractivity (Wildman–Crippen MR) is 65.5 cm³/mol. The molecule has 100 valence electrons. The van der Waals surface area contributed by atoms with E-state index in [4.69, 9.17) is 14.9 Å². The lowest BCUT2D eigenvalue weighted by Gasteiger charge is -2.20. The first-order valence-electron chi connectivity index (χ1n) is 5.72. The van der Waals surface area contributed by atoms with Crippen LogP contribution in [0.25, 0.3) is 0 Å². The van der Waals surface area contributed by atoms with Crippen LogP contribution in [0.3, 0.4) is 0 Å². The molecule has 5 nitrogen and oxygen atoms in total. The molecule has 0 saturated carbocycles. The summed E-state index contributed by atoms with van der Waals surface area (Å²) < 4.78 is 5.27. The molecule has 1 rings (SSSR count). The first-order valence-corrected chi connectivity index (χ1v) is 5.72. The van der Waals surface area contributed by atoms with Gasteiger partial charge < -0.3 is 20.1 Å². The van der Waals surface area contributed by atoms with Crippen LogP contribution in [0.4, 0.5) is 0 Å². The van der Waals surface area contributed by atoms with Crippen molar-refractivity contribution < 1.29 is 24.9 Å². The number of benzene rings is 1. The number of aromatic carboxylic acids is 1. The molecule has 0 saturated heterocycles. The molecule has 1 aromatic rings. The van der Waals surface area contributed by atoms with Crippen LogP contribution < -0.4 is 0 Å². The van der Waals surface area contributed by atoms with Crippen LogP contribution in [0.15, 0.2) is 24.3 Å². The van der Waals surface area contributed by atoms with E-state index in [-0.39, 0.29) is 12.2 Å². The summed E-state index contributed by atoms with van der Waals surface area (Å²) in [6.07, 6.45) is -2.06. The highest BCUT2D eigenvalue weighted by atomic mass is 16.5. The molecule has 0 aromatic heterocycles. The third-order valence-corrected chi connectivity index (χ3v) is 2.52. The van der Waals surface area contributed by atoms with Gasteiger partial charge in [0.15, 0.2) is 0 Å². The molecule has 3 unspecified atom stereocenters. The summed E-state index contributed by atoms with van der Waals surface area (Å²) in [5, 5.41) is 28.0. The zero-order chi connectivity index (χ0) is 13.7. The summed E-state index contributed by atoms with van der Waals surface area (Å²) in [4.78, 5) is 10.8. The zero-order valence-corrected chi connectivity index (χ0v) is 10.4. The van der Waals surface area contributed by atoms with E-state index < -0.39 is 24.3 Å². The average Bonchev–Trinajstić information content (AvgIpc) is 2.35. The van der Waals surface area contributed by atoms with Crippen LogP contribution in [0.1, 0.15) is 35.9 Å². The SMILES string of the molecule is CC(O)COC(C)C(O)c1cccc(C(=O)O)c1. The second kappa shape index (κ2) is 6.49. The summed E-state index contributed by atoms with van der Waals surface area (Å²) in [5.74, 6) is -1.04. The maximum absolute atomic E-state index is 10.8. The number of carboxylic acid groups (broad SMARTS) is 1. The molecule has 0 heterocycles. The Morgan fingerprint density at radius 1 is 1.33 bits per heavy atom. The van der Waals surface area contributed by atoms with Crippen LogP contribution >= 0.6 is 0 Å². The van der Waals surface area contributed by atoms with Crippen molar-refractivity contribution in [1.29, 1.82) is 0 Å². The highest BCUT2D eigenvalue weighted by molar-refractivity contribution is 5.87. The Bertz CT molecular complexity index is 402. The van der Waals surface area contributed by atoms with Gasteiger partial charge in [-0.25, -0.2) is 4.79 Å². The van der Waals surface area contributed by atoms with Gasteiger partial charge in [0.1, 0.15) is 6.10 Å². The lowest BCUT2D eigenvalue weighted by Crippen LogP contribution is -2.23. The van der Waals surface area contributed by atoms with Crippen molar-refractivity contribution in [3.63, 3.8) is 0 Å². The van der Waals surface area contributed by atoms with Gasteiger partial charge in [-0.1, -0.05) is 12.1 Å². The average molecular weight is 254 g/mol. The number of carboxylic acids is 1. The first-order chi connectivity index (χ1) is 8.41. The van der Waals surface area contributed by atoms with Gasteiger partial charge >= 0.3 is 5.97 Å². The largest absolute Gasteiger partial charge is 0.478 e. The minimum atomic E-state index is -1.04. The minimum Gasteiger partial charge on any atom is -0.478 e. The molecule has 0 fully saturated rings. The standard InChI is InChI=1S/C13H18O5/c1-8(14)7-18-9(2)12(15)10-4-3-5-11(6-10)13(16)17/h3-6,8-9,12,14-15H,7H2,1-2H3,(H,16,17). The fourth-order valence-corrected chi connectivity index (χ4v) is 1.51. The zero-order valence-electron chi connectivity index (χ0n) is 10.4. The van der Waals surface area contributed by atoms with Gasteiger partial charge in [-0.05, 0) is 31.5 Å². The van der Waals surface area contributed by atoms with Crippen molar-refractivity contribution in [2.75, 3.05) is 6.61 Å². The van der Waals surface area contributed by atoms with Crippen LogP contribution in [-0.2, 0) is 4.74 Å². The van der Waals surface area contributed by atoms with Crippen molar-refractivity contribution in [3.05, 3.63) is 35.4 Å². The number of hydrogen-bond acceptors (Lipinski definition) is 4. The van der Waals surface area contributed by atoms with Crippen molar-refractivity contribution in [1.82, 2.24) is 0 Å². The van der Waals surface area contributed by atoms with E-state index in [1.807, 2.05) is 0 Å². The van der Waals surface area contributed by atoms with Gasteiger partial charge in [0.25, 0.3) is 0 Å². The molecule has 3 atom stereocenters. The second-order valence-corrected chi connectivity index (χ2v) is 4.26. The maximum Gasteiger partial charge on any atom is 0.335 e. The fourth-order valence-electron chi connectivity index (χ4n) is 1.51. The quantitative estimate of drug-likeness (QED) is 0.710. The van der Waals surface area contributed by atoms with E-state index in [1.54, 1.807) is 26.0 Å². The lowest BCUT2D eigenvalue weighted by molar-refractivity contribution is -0.0551. The molecular formula is C13H18O5. The molecule has 0 amide bonds. The summed E-state index contributed by atoms with van der Waals surface area (Å²) in [7, 11) is 0. The van der Waals surface area contributed by atoms with Gasteiger partial charge in [0, 0.05) is 0 Å². The van der Waals surface area contributed by atoms with E-state index in [0.29, 0.717) is 5.56 Å². The maximum atomic E-state index is 10.8. The Morgan fingerprint density at radius 2 is 2.00 bits per heavy atom. The summed E-state index contributed by atoms with van der Waals surface area (Å²) in [5.41, 5.74) is 0.599. The lowest BCUT2D eigenvalue weighted by atomic mass is 10.0. The minimum absolute atomic E-state index is 0.120. The van der Waals surface area contributed by atoms with Crippen LogP contribution in [0.2, 0.25) is 0 Å². The Kier molecular flexibility index (Phi) is 5.27. The van der Waals surface area contributed by atoms with E-state index >= 15 is 0 Å². The topological polar surface area (TPSA) is 87.0 Å². The molecule has 0 radical (unpaired) electrons. The second-order valence-electron chi connectivity index (χ2n) is 4.26. The molecular weight excluding hydrogens is 236 g/mol. The van der Waals surface area contributed by atoms with Crippen molar-refractivity contribution >= 4 is 5.97 Å². The smallest absolute Gasteiger partial charge is 0.335 e. The molecule has 3 N–H and O–H groups in total. The van der Waals surface area contributed by atoms with Gasteiger partial charge in [0.2, 0.25) is 0 Å². The van der Waals surface area contributed by atoms with E-state index in [1.165, 1.54) is 12.1 Å². The molecule has 5 heteroatoms. The van der Waals surface area contributed by atoms with Gasteiger partial charge in [-0.2, -0.15) is 0 Å². The normalized spacial score (nSPS) is 16.0. The summed E-state index contributed by atoms with van der Waals surface area (Å²) >= 11 is 0. The Labute approximate surface area is 106 Å². The third-order valence-electron chi connectivity index (χ3n) is 2.52. The monoisotopic (exact) mass is 254 g/mol. The molecule has 18 heavy (non-hydrogen) atoms. The number of hydrogen-bond donors (Lipinski definition) is 3. The van der Waals surface area contributed by atoms with Crippen LogP contribution in [-0.4, -0.2) is 40.1 Å². The Morgan fingerprint density at radius 3 is 2.56 bits per heavy atom. The number of rotatable bonds is 6. The van der Waals surface area contributed by atoms with Crippen LogP contribution in [0, 0.1) is 0 Å². The number of carbonyl (C=O) groups is 1. The number of aliphatic hydroxyl groups is 2. The molecule has 0 aliphatic carbocycles. The Hall–Kier alpha value is -1.43. The van der Waals surface area contributed by atoms with E-state index in [2.05, 4.69) is 0 Å². The van der Waals surface area contributed by atoms with Crippen molar-refractivity contribution in [2.45, 2.75) is 32.2 Å².